The Morgan fingerprint density at radius 3 is 2.36 bits per heavy atom. The van der Waals surface area contributed by atoms with Gasteiger partial charge in [0, 0.05) is 6.54 Å². The number of nitrogens with zero attached hydrogens (tertiary/aromatic N) is 1. The Morgan fingerprint density at radius 1 is 0.970 bits per heavy atom. The van der Waals surface area contributed by atoms with Crippen molar-refractivity contribution in [2.45, 2.75) is 19.5 Å². The van der Waals surface area contributed by atoms with Gasteiger partial charge in [0.2, 0.25) is 5.76 Å². The molecule has 0 fully saturated rings. The second-order valence-electron chi connectivity index (χ2n) is 8.10. The number of esters is 1. The molecule has 4 aromatic rings. The van der Waals surface area contributed by atoms with Gasteiger partial charge in [-0.05, 0) is 42.3 Å². The van der Waals surface area contributed by atoms with E-state index in [1.807, 2.05) is 31.2 Å². The number of rotatable bonds is 4. The van der Waals surface area contributed by atoms with Gasteiger partial charge < -0.3 is 14.1 Å². The minimum atomic E-state index is -0.638. The molecule has 3 aromatic carbocycles. The highest BCUT2D eigenvalue weighted by Crippen LogP contribution is 2.39. The number of ether oxygens (including phenoxy) is 1. The van der Waals surface area contributed by atoms with E-state index in [0.29, 0.717) is 34.2 Å². The van der Waals surface area contributed by atoms with Crippen molar-refractivity contribution in [1.82, 2.24) is 4.90 Å². The first-order valence-electron chi connectivity index (χ1n) is 10.6. The molecule has 0 bridgehead atoms. The number of fused-ring (bicyclic) bond motifs is 2. The van der Waals surface area contributed by atoms with Crippen molar-refractivity contribution in [3.63, 3.8) is 0 Å². The minimum Gasteiger partial charge on any atom is -0.465 e. The van der Waals surface area contributed by atoms with E-state index >= 15 is 0 Å². The quantitative estimate of drug-likeness (QED) is 0.433. The second kappa shape index (κ2) is 8.06. The Bertz CT molecular complexity index is 1430. The number of methoxy groups -OCH3 is 1. The van der Waals surface area contributed by atoms with Crippen molar-refractivity contribution in [3.8, 4) is 0 Å². The van der Waals surface area contributed by atoms with Crippen molar-refractivity contribution in [2.24, 2.45) is 0 Å². The Balaban J connectivity index is 1.67. The van der Waals surface area contributed by atoms with Gasteiger partial charge >= 0.3 is 5.97 Å². The van der Waals surface area contributed by atoms with Crippen LogP contribution in [-0.4, -0.2) is 23.9 Å². The summed E-state index contributed by atoms with van der Waals surface area (Å²) in [7, 11) is 1.32. The molecule has 0 radical (unpaired) electrons. The van der Waals surface area contributed by atoms with Crippen molar-refractivity contribution in [1.29, 1.82) is 0 Å². The number of amides is 1. The van der Waals surface area contributed by atoms with Crippen molar-refractivity contribution < 1.29 is 18.7 Å². The van der Waals surface area contributed by atoms with Crippen LogP contribution in [-0.2, 0) is 11.3 Å². The first-order valence-corrected chi connectivity index (χ1v) is 10.6. The number of aryl methyl sites for hydroxylation is 1. The molecule has 1 atom stereocenters. The Hall–Kier alpha value is -4.19. The molecular weight excluding hydrogens is 418 g/mol. The Kier molecular flexibility index (Phi) is 5.05. The lowest BCUT2D eigenvalue weighted by atomic mass is 9.97. The van der Waals surface area contributed by atoms with Crippen molar-refractivity contribution in [3.05, 3.63) is 117 Å². The van der Waals surface area contributed by atoms with Crippen LogP contribution in [0.2, 0.25) is 0 Å². The van der Waals surface area contributed by atoms with Crippen LogP contribution in [0.4, 0.5) is 0 Å². The molecule has 6 nitrogen and oxygen atoms in total. The molecule has 1 aliphatic rings. The lowest BCUT2D eigenvalue weighted by molar-refractivity contribution is 0.0599. The number of hydrogen-bond acceptors (Lipinski definition) is 5. The van der Waals surface area contributed by atoms with Crippen LogP contribution in [0, 0.1) is 6.92 Å². The van der Waals surface area contributed by atoms with Gasteiger partial charge in [0.15, 0.2) is 5.43 Å². The molecule has 164 valence electrons. The summed E-state index contributed by atoms with van der Waals surface area (Å²) in [6.45, 7) is 2.31. The fourth-order valence-electron chi connectivity index (χ4n) is 4.29. The fourth-order valence-corrected chi connectivity index (χ4v) is 4.29. The lowest BCUT2D eigenvalue weighted by Crippen LogP contribution is -2.29. The standard InChI is InChI=1S/C27H21NO5/c1-16-7-9-17(10-8-16)15-28-23(18-11-13-19(14-12-18)27(31)32-2)22-24(29)20-5-3-4-6-21(20)33-25(22)26(28)30/h3-14,23H,15H2,1-2H3/t23-/m0/s1. The number of para-hydroxylation sites is 1. The Labute approximate surface area is 190 Å². The third-order valence-electron chi connectivity index (χ3n) is 5.99. The molecule has 33 heavy (non-hydrogen) atoms. The first-order chi connectivity index (χ1) is 16.0. The highest BCUT2D eigenvalue weighted by atomic mass is 16.5. The summed E-state index contributed by atoms with van der Waals surface area (Å²) in [4.78, 5) is 40.5. The van der Waals surface area contributed by atoms with Crippen molar-refractivity contribution in [2.75, 3.05) is 7.11 Å². The summed E-state index contributed by atoms with van der Waals surface area (Å²) in [6.07, 6.45) is 0. The van der Waals surface area contributed by atoms with E-state index in [0.717, 1.165) is 11.1 Å². The highest BCUT2D eigenvalue weighted by molar-refractivity contribution is 5.99. The number of benzene rings is 3. The predicted octanol–water partition coefficient (Wildman–Crippen LogP) is 4.63. The molecule has 0 saturated heterocycles. The zero-order valence-corrected chi connectivity index (χ0v) is 18.2. The molecule has 1 aliphatic heterocycles. The average molecular weight is 439 g/mol. The van der Waals surface area contributed by atoms with Crippen LogP contribution < -0.4 is 5.43 Å². The monoisotopic (exact) mass is 439 g/mol. The summed E-state index contributed by atoms with van der Waals surface area (Å²) in [5.41, 5.74) is 3.63. The van der Waals surface area contributed by atoms with Gasteiger partial charge in [0.1, 0.15) is 5.58 Å². The maximum atomic E-state index is 13.5. The lowest BCUT2D eigenvalue weighted by Gasteiger charge is -2.25. The van der Waals surface area contributed by atoms with Crippen LogP contribution in [0.15, 0.2) is 82.0 Å². The Morgan fingerprint density at radius 2 is 1.67 bits per heavy atom. The van der Waals surface area contributed by atoms with Gasteiger partial charge in [-0.2, -0.15) is 0 Å². The summed E-state index contributed by atoms with van der Waals surface area (Å²) in [5, 5.41) is 0.428. The minimum absolute atomic E-state index is 0.0628. The van der Waals surface area contributed by atoms with Crippen LogP contribution >= 0.6 is 0 Å². The second-order valence-corrected chi connectivity index (χ2v) is 8.10. The zero-order chi connectivity index (χ0) is 23.1. The van der Waals surface area contributed by atoms with Gasteiger partial charge in [-0.3, -0.25) is 9.59 Å². The third kappa shape index (κ3) is 3.49. The smallest absolute Gasteiger partial charge is 0.337 e. The summed E-state index contributed by atoms with van der Waals surface area (Å²) < 4.78 is 10.7. The van der Waals surface area contributed by atoms with E-state index in [1.54, 1.807) is 53.4 Å². The van der Waals surface area contributed by atoms with E-state index in [4.69, 9.17) is 9.15 Å². The summed E-state index contributed by atoms with van der Waals surface area (Å²) >= 11 is 0. The number of carbonyl (C=O) groups is 2. The highest BCUT2D eigenvalue weighted by Gasteiger charge is 2.42. The van der Waals surface area contributed by atoms with E-state index in [9.17, 15) is 14.4 Å². The molecule has 1 aromatic heterocycles. The van der Waals surface area contributed by atoms with Gasteiger partial charge in [-0.25, -0.2) is 4.79 Å². The fraction of sp³-hybridized carbons (Fsp3) is 0.148. The molecule has 0 N–H and O–H groups in total. The maximum Gasteiger partial charge on any atom is 0.337 e. The van der Waals surface area contributed by atoms with Gasteiger partial charge in [0.05, 0.1) is 29.7 Å². The normalized spacial score (nSPS) is 15.0. The average Bonchev–Trinajstić information content (AvgIpc) is 3.12. The van der Waals surface area contributed by atoms with Gasteiger partial charge in [-0.1, -0.05) is 54.1 Å². The summed E-state index contributed by atoms with van der Waals surface area (Å²) in [5.74, 6) is -0.727. The predicted molar refractivity (Wildman–Crippen MR) is 123 cm³/mol. The SMILES string of the molecule is COC(=O)c1ccc([C@H]2c3c(oc4ccccc4c3=O)C(=O)N2Cc2ccc(C)cc2)cc1. The topological polar surface area (TPSA) is 76.8 Å². The van der Waals surface area contributed by atoms with Crippen LogP contribution in [0.1, 0.15) is 49.2 Å². The molecule has 6 heteroatoms. The third-order valence-corrected chi connectivity index (χ3v) is 5.99. The maximum absolute atomic E-state index is 13.5. The molecule has 2 heterocycles. The molecule has 0 spiro atoms. The van der Waals surface area contributed by atoms with Crippen LogP contribution in [0.3, 0.4) is 0 Å². The molecule has 0 unspecified atom stereocenters. The number of carbonyl (C=O) groups excluding carboxylic acids is 2. The molecular formula is C27H21NO5. The molecule has 1 amide bonds. The van der Waals surface area contributed by atoms with Crippen LogP contribution in [0.25, 0.3) is 11.0 Å². The molecule has 0 aliphatic carbocycles. The summed E-state index contributed by atoms with van der Waals surface area (Å²) in [6, 6.07) is 21.0. The first kappa shape index (κ1) is 20.7. The van der Waals surface area contributed by atoms with E-state index in [2.05, 4.69) is 0 Å². The van der Waals surface area contributed by atoms with Crippen molar-refractivity contribution >= 4 is 22.8 Å². The molecule has 5 rings (SSSR count). The number of hydrogen-bond donors (Lipinski definition) is 0. The van der Waals surface area contributed by atoms with E-state index in [-0.39, 0.29) is 17.1 Å². The van der Waals surface area contributed by atoms with Crippen LogP contribution in [0.5, 0.6) is 0 Å². The van der Waals surface area contributed by atoms with Gasteiger partial charge in [0.25, 0.3) is 5.91 Å². The largest absolute Gasteiger partial charge is 0.465 e. The van der Waals surface area contributed by atoms with E-state index < -0.39 is 12.0 Å². The zero-order valence-electron chi connectivity index (χ0n) is 18.2. The molecule has 0 saturated carbocycles. The van der Waals surface area contributed by atoms with E-state index in [1.165, 1.54) is 7.11 Å². The van der Waals surface area contributed by atoms with Gasteiger partial charge in [-0.15, -0.1) is 0 Å².